The minimum atomic E-state index is -0.256. The molecular formula is C15H15NO4. The molecule has 3 rings (SSSR count). The van der Waals surface area contributed by atoms with Crippen LogP contribution in [-0.2, 0) is 4.74 Å². The second-order valence-corrected chi connectivity index (χ2v) is 4.83. The van der Waals surface area contributed by atoms with Gasteiger partial charge in [-0.3, -0.25) is 9.59 Å². The van der Waals surface area contributed by atoms with Gasteiger partial charge >= 0.3 is 0 Å². The summed E-state index contributed by atoms with van der Waals surface area (Å²) in [4.78, 5) is 26.1. The third kappa shape index (κ3) is 2.20. The molecule has 1 aliphatic heterocycles. The second-order valence-electron chi connectivity index (χ2n) is 4.83. The van der Waals surface area contributed by atoms with Gasteiger partial charge in [-0.1, -0.05) is 12.1 Å². The molecule has 0 radical (unpaired) electrons. The van der Waals surface area contributed by atoms with Crippen molar-refractivity contribution >= 4 is 16.9 Å². The molecule has 0 N–H and O–H groups in total. The fourth-order valence-corrected chi connectivity index (χ4v) is 2.41. The zero-order chi connectivity index (χ0) is 14.1. The molecule has 0 bridgehead atoms. The van der Waals surface area contributed by atoms with Crippen LogP contribution in [0.3, 0.4) is 0 Å². The fourth-order valence-electron chi connectivity index (χ4n) is 2.41. The number of carbonyl (C=O) groups is 1. The monoisotopic (exact) mass is 273 g/mol. The minimum Gasteiger partial charge on any atom is -0.451 e. The lowest BCUT2D eigenvalue weighted by Crippen LogP contribution is -2.40. The summed E-state index contributed by atoms with van der Waals surface area (Å²) < 4.78 is 10.8. The summed E-state index contributed by atoms with van der Waals surface area (Å²) in [7, 11) is 0. The molecule has 0 aliphatic carbocycles. The number of aryl methyl sites for hydroxylation is 1. The third-order valence-corrected chi connectivity index (χ3v) is 3.47. The fraction of sp³-hybridized carbons (Fsp3) is 0.333. The van der Waals surface area contributed by atoms with Crippen LogP contribution in [0.4, 0.5) is 0 Å². The smallest absolute Gasteiger partial charge is 0.289 e. The zero-order valence-corrected chi connectivity index (χ0v) is 11.2. The Hall–Kier alpha value is -2.14. The van der Waals surface area contributed by atoms with E-state index >= 15 is 0 Å². The first-order valence-corrected chi connectivity index (χ1v) is 6.57. The maximum atomic E-state index is 12.3. The molecular weight excluding hydrogens is 258 g/mol. The first-order chi connectivity index (χ1) is 9.66. The highest BCUT2D eigenvalue weighted by molar-refractivity contribution is 5.93. The van der Waals surface area contributed by atoms with Crippen molar-refractivity contribution in [2.45, 2.75) is 6.92 Å². The summed E-state index contributed by atoms with van der Waals surface area (Å²) >= 11 is 0. The molecule has 1 aromatic carbocycles. The molecule has 5 nitrogen and oxygen atoms in total. The Bertz CT molecular complexity index is 713. The number of hydrogen-bond donors (Lipinski definition) is 0. The Balaban J connectivity index is 2.04. The van der Waals surface area contributed by atoms with E-state index < -0.39 is 0 Å². The van der Waals surface area contributed by atoms with Crippen LogP contribution in [0.25, 0.3) is 11.0 Å². The van der Waals surface area contributed by atoms with Gasteiger partial charge in [0.1, 0.15) is 5.58 Å². The molecule has 104 valence electrons. The number of amides is 1. The van der Waals surface area contributed by atoms with Crippen LogP contribution in [-0.4, -0.2) is 37.1 Å². The number of morpholine rings is 1. The van der Waals surface area contributed by atoms with E-state index in [0.717, 1.165) is 5.56 Å². The van der Waals surface area contributed by atoms with Crippen LogP contribution >= 0.6 is 0 Å². The molecule has 2 aromatic rings. The quantitative estimate of drug-likeness (QED) is 0.791. The second kappa shape index (κ2) is 5.09. The normalized spacial score (nSPS) is 15.6. The Morgan fingerprint density at radius 1 is 1.25 bits per heavy atom. The minimum absolute atomic E-state index is 0.0926. The van der Waals surface area contributed by atoms with Crippen molar-refractivity contribution in [2.24, 2.45) is 0 Å². The van der Waals surface area contributed by atoms with Gasteiger partial charge in [-0.2, -0.15) is 0 Å². The van der Waals surface area contributed by atoms with Crippen molar-refractivity contribution in [3.05, 3.63) is 45.8 Å². The van der Waals surface area contributed by atoms with E-state index in [0.29, 0.717) is 37.3 Å². The van der Waals surface area contributed by atoms with E-state index in [2.05, 4.69) is 0 Å². The molecule has 1 aliphatic rings. The van der Waals surface area contributed by atoms with Gasteiger partial charge in [0.2, 0.25) is 0 Å². The van der Waals surface area contributed by atoms with E-state index in [4.69, 9.17) is 9.15 Å². The highest BCUT2D eigenvalue weighted by Gasteiger charge is 2.21. The summed E-state index contributed by atoms with van der Waals surface area (Å²) in [6.07, 6.45) is 0. The molecule has 1 amide bonds. The van der Waals surface area contributed by atoms with Gasteiger partial charge in [-0.25, -0.2) is 0 Å². The Labute approximate surface area is 115 Å². The number of ether oxygens (including phenoxy) is 1. The summed E-state index contributed by atoms with van der Waals surface area (Å²) in [5, 5.41) is 0.533. The van der Waals surface area contributed by atoms with Crippen molar-refractivity contribution in [2.75, 3.05) is 26.3 Å². The number of nitrogens with zero attached hydrogens (tertiary/aromatic N) is 1. The lowest BCUT2D eigenvalue weighted by Gasteiger charge is -2.26. The Morgan fingerprint density at radius 2 is 2.00 bits per heavy atom. The van der Waals surface area contributed by atoms with E-state index in [9.17, 15) is 9.59 Å². The van der Waals surface area contributed by atoms with Crippen LogP contribution in [0.2, 0.25) is 0 Å². The third-order valence-electron chi connectivity index (χ3n) is 3.47. The largest absolute Gasteiger partial charge is 0.451 e. The molecule has 1 fully saturated rings. The first-order valence-electron chi connectivity index (χ1n) is 6.57. The first kappa shape index (κ1) is 12.9. The number of carbonyl (C=O) groups excluding carboxylic acids is 1. The number of hydrogen-bond acceptors (Lipinski definition) is 4. The van der Waals surface area contributed by atoms with Gasteiger partial charge in [0.05, 0.1) is 18.6 Å². The summed E-state index contributed by atoms with van der Waals surface area (Å²) in [5.41, 5.74) is 1.12. The van der Waals surface area contributed by atoms with Gasteiger partial charge in [-0.05, 0) is 18.6 Å². The van der Waals surface area contributed by atoms with Gasteiger partial charge in [0.15, 0.2) is 11.2 Å². The lowest BCUT2D eigenvalue weighted by atomic mass is 10.1. The molecule has 1 saturated heterocycles. The van der Waals surface area contributed by atoms with E-state index in [1.807, 2.05) is 19.1 Å². The molecule has 5 heteroatoms. The van der Waals surface area contributed by atoms with E-state index in [-0.39, 0.29) is 17.1 Å². The van der Waals surface area contributed by atoms with Crippen molar-refractivity contribution in [1.82, 2.24) is 4.90 Å². The molecule has 0 atom stereocenters. The summed E-state index contributed by atoms with van der Waals surface area (Å²) in [6, 6.07) is 6.65. The average Bonchev–Trinajstić information content (AvgIpc) is 2.47. The van der Waals surface area contributed by atoms with Gasteiger partial charge in [0, 0.05) is 19.2 Å². The molecule has 0 spiro atoms. The molecule has 0 saturated carbocycles. The highest BCUT2D eigenvalue weighted by Crippen LogP contribution is 2.17. The van der Waals surface area contributed by atoms with Crippen LogP contribution in [0.15, 0.2) is 33.5 Å². The molecule has 0 unspecified atom stereocenters. The van der Waals surface area contributed by atoms with Gasteiger partial charge in [0.25, 0.3) is 5.91 Å². The van der Waals surface area contributed by atoms with Gasteiger partial charge < -0.3 is 14.1 Å². The van der Waals surface area contributed by atoms with Gasteiger partial charge in [-0.15, -0.1) is 0 Å². The highest BCUT2D eigenvalue weighted by atomic mass is 16.5. The predicted octanol–water partition coefficient (Wildman–Crippen LogP) is 1.57. The van der Waals surface area contributed by atoms with Crippen LogP contribution in [0.5, 0.6) is 0 Å². The summed E-state index contributed by atoms with van der Waals surface area (Å²) in [5.74, 6) is -0.163. The van der Waals surface area contributed by atoms with Crippen LogP contribution in [0, 0.1) is 6.92 Å². The Morgan fingerprint density at radius 3 is 2.75 bits per heavy atom. The van der Waals surface area contributed by atoms with Crippen molar-refractivity contribution in [3.8, 4) is 0 Å². The predicted molar refractivity (Wildman–Crippen MR) is 73.9 cm³/mol. The molecule has 20 heavy (non-hydrogen) atoms. The number of benzene rings is 1. The van der Waals surface area contributed by atoms with E-state index in [1.54, 1.807) is 11.0 Å². The number of rotatable bonds is 1. The maximum Gasteiger partial charge on any atom is 0.289 e. The Kier molecular flexibility index (Phi) is 3.28. The number of fused-ring (bicyclic) bond motifs is 1. The molecule has 1 aromatic heterocycles. The van der Waals surface area contributed by atoms with Crippen molar-refractivity contribution < 1.29 is 13.9 Å². The van der Waals surface area contributed by atoms with Crippen LogP contribution < -0.4 is 5.43 Å². The molecule has 2 heterocycles. The van der Waals surface area contributed by atoms with Crippen molar-refractivity contribution in [3.63, 3.8) is 0 Å². The SMILES string of the molecule is Cc1cccc2oc(C(=O)N3CCOCC3)cc(=O)c12. The topological polar surface area (TPSA) is 59.8 Å². The van der Waals surface area contributed by atoms with Crippen molar-refractivity contribution in [1.29, 1.82) is 0 Å². The lowest BCUT2D eigenvalue weighted by molar-refractivity contribution is 0.0283. The standard InChI is InChI=1S/C15H15NO4/c1-10-3-2-4-12-14(10)11(17)9-13(20-12)15(18)16-5-7-19-8-6-16/h2-4,9H,5-8H2,1H3. The van der Waals surface area contributed by atoms with E-state index in [1.165, 1.54) is 6.07 Å². The summed E-state index contributed by atoms with van der Waals surface area (Å²) in [6.45, 7) is 3.93. The zero-order valence-electron chi connectivity index (χ0n) is 11.2. The average molecular weight is 273 g/mol. The maximum absolute atomic E-state index is 12.3. The van der Waals surface area contributed by atoms with Crippen LogP contribution in [0.1, 0.15) is 16.1 Å².